The molecule has 0 radical (unpaired) electrons. The molecule has 21 heavy (non-hydrogen) atoms. The van der Waals surface area contributed by atoms with Gasteiger partial charge < -0.3 is 14.8 Å². The molecule has 0 aliphatic carbocycles. The van der Waals surface area contributed by atoms with E-state index in [-0.39, 0.29) is 0 Å². The zero-order valence-corrected chi connectivity index (χ0v) is 12.7. The van der Waals surface area contributed by atoms with Crippen molar-refractivity contribution >= 4 is 0 Å². The number of nitrogens with one attached hydrogen (secondary N) is 1. The Morgan fingerprint density at radius 2 is 1.90 bits per heavy atom. The first kappa shape index (κ1) is 15.0. The van der Waals surface area contributed by atoms with Crippen molar-refractivity contribution in [1.29, 1.82) is 0 Å². The van der Waals surface area contributed by atoms with Gasteiger partial charge in [-0.1, -0.05) is 30.3 Å². The summed E-state index contributed by atoms with van der Waals surface area (Å²) in [7, 11) is 0. The molecule has 2 aliphatic rings. The highest BCUT2D eigenvalue weighted by molar-refractivity contribution is 5.14. The Kier molecular flexibility index (Phi) is 5.63. The lowest BCUT2D eigenvalue weighted by Crippen LogP contribution is -2.45. The zero-order chi connectivity index (χ0) is 14.3. The largest absolute Gasteiger partial charge is 0.355 e. The second kappa shape index (κ2) is 7.90. The van der Waals surface area contributed by atoms with Crippen molar-refractivity contribution in [2.24, 2.45) is 0 Å². The van der Waals surface area contributed by atoms with E-state index in [0.717, 1.165) is 26.1 Å². The van der Waals surface area contributed by atoms with E-state index in [1.54, 1.807) is 0 Å². The van der Waals surface area contributed by atoms with Crippen LogP contribution in [-0.2, 0) is 16.0 Å². The smallest absolute Gasteiger partial charge is 0.147 e. The predicted octanol–water partition coefficient (Wildman–Crippen LogP) is 2.00. The van der Waals surface area contributed by atoms with Crippen molar-refractivity contribution in [3.8, 4) is 0 Å². The fourth-order valence-corrected chi connectivity index (χ4v) is 3.10. The molecule has 0 amide bonds. The molecule has 0 spiro atoms. The van der Waals surface area contributed by atoms with Crippen LogP contribution in [0.3, 0.4) is 0 Å². The molecule has 0 saturated carbocycles. The van der Waals surface area contributed by atoms with Gasteiger partial charge in [-0.2, -0.15) is 0 Å². The second-order valence-corrected chi connectivity index (χ2v) is 6.05. The Bertz CT molecular complexity index is 399. The molecule has 1 aromatic carbocycles. The molecule has 3 rings (SSSR count). The summed E-state index contributed by atoms with van der Waals surface area (Å²) in [5.74, 6) is 0. The molecule has 2 fully saturated rings. The number of piperidine rings is 1. The van der Waals surface area contributed by atoms with Gasteiger partial charge in [0.25, 0.3) is 0 Å². The molecule has 1 atom stereocenters. The number of nitrogens with zero attached hydrogens (tertiary/aromatic N) is 1. The first-order valence-corrected chi connectivity index (χ1v) is 8.09. The highest BCUT2D eigenvalue weighted by Gasteiger charge is 2.21. The average molecular weight is 290 g/mol. The van der Waals surface area contributed by atoms with Gasteiger partial charge in [-0.3, -0.25) is 4.90 Å². The minimum atomic E-state index is 0.334. The molecule has 1 N–H and O–H groups in total. The molecule has 0 bridgehead atoms. The van der Waals surface area contributed by atoms with Crippen LogP contribution in [-0.4, -0.2) is 50.1 Å². The van der Waals surface area contributed by atoms with Crippen LogP contribution in [0.4, 0.5) is 0 Å². The summed E-state index contributed by atoms with van der Waals surface area (Å²) in [6.07, 6.45) is 3.81. The first-order valence-electron chi connectivity index (χ1n) is 8.09. The van der Waals surface area contributed by atoms with E-state index in [4.69, 9.17) is 9.47 Å². The van der Waals surface area contributed by atoms with E-state index < -0.39 is 0 Å². The van der Waals surface area contributed by atoms with Crippen molar-refractivity contribution in [3.05, 3.63) is 35.9 Å². The highest BCUT2D eigenvalue weighted by Crippen LogP contribution is 2.14. The lowest BCUT2D eigenvalue weighted by Gasteiger charge is -2.33. The van der Waals surface area contributed by atoms with Crippen LogP contribution in [0.5, 0.6) is 0 Å². The maximum Gasteiger partial charge on any atom is 0.147 e. The maximum atomic E-state index is 5.57. The molecular weight excluding hydrogens is 264 g/mol. The van der Waals surface area contributed by atoms with E-state index in [9.17, 15) is 0 Å². The fraction of sp³-hybridized carbons (Fsp3) is 0.647. The summed E-state index contributed by atoms with van der Waals surface area (Å²) in [5.41, 5.74) is 1.42. The summed E-state index contributed by atoms with van der Waals surface area (Å²) in [6.45, 7) is 5.70. The molecular formula is C17H26N2O2. The lowest BCUT2D eigenvalue weighted by molar-refractivity contribution is -0.137. The van der Waals surface area contributed by atoms with E-state index in [1.165, 1.54) is 31.5 Å². The van der Waals surface area contributed by atoms with Gasteiger partial charge in [-0.15, -0.1) is 0 Å². The van der Waals surface area contributed by atoms with Crippen molar-refractivity contribution in [1.82, 2.24) is 10.2 Å². The topological polar surface area (TPSA) is 33.7 Å². The summed E-state index contributed by atoms with van der Waals surface area (Å²) in [5, 5.41) is 3.67. The highest BCUT2D eigenvalue weighted by atomic mass is 16.7. The van der Waals surface area contributed by atoms with Gasteiger partial charge in [0.05, 0.1) is 12.7 Å². The molecule has 2 saturated heterocycles. The maximum absolute atomic E-state index is 5.57. The Balaban J connectivity index is 1.35. The van der Waals surface area contributed by atoms with Gasteiger partial charge in [-0.25, -0.2) is 0 Å². The monoisotopic (exact) mass is 290 g/mol. The van der Waals surface area contributed by atoms with Crippen molar-refractivity contribution in [2.45, 2.75) is 38.0 Å². The Morgan fingerprint density at radius 3 is 2.62 bits per heavy atom. The Morgan fingerprint density at radius 1 is 1.10 bits per heavy atom. The second-order valence-electron chi connectivity index (χ2n) is 6.05. The number of likely N-dealkylation sites (tertiary alicyclic amines) is 1. The molecule has 1 unspecified atom stereocenters. The van der Waals surface area contributed by atoms with E-state index >= 15 is 0 Å². The van der Waals surface area contributed by atoms with Gasteiger partial charge in [0.2, 0.25) is 0 Å². The molecule has 116 valence electrons. The third-order valence-corrected chi connectivity index (χ3v) is 4.44. The molecule has 2 aliphatic heterocycles. The lowest BCUT2D eigenvalue weighted by atomic mass is 10.0. The summed E-state index contributed by atoms with van der Waals surface area (Å²) >= 11 is 0. The first-order chi connectivity index (χ1) is 10.4. The van der Waals surface area contributed by atoms with E-state index in [0.29, 0.717) is 18.9 Å². The van der Waals surface area contributed by atoms with Gasteiger partial charge in [0, 0.05) is 19.1 Å². The fourth-order valence-electron chi connectivity index (χ4n) is 3.10. The van der Waals surface area contributed by atoms with Crippen LogP contribution in [0.2, 0.25) is 0 Å². The third kappa shape index (κ3) is 4.78. The van der Waals surface area contributed by atoms with Gasteiger partial charge in [0.15, 0.2) is 0 Å². The molecule has 2 heterocycles. The standard InChI is InChI=1S/C17H26N2O2/c1-2-4-15(5-3-1)13-19-9-6-16(7-10-19)18-12-17-8-11-20-14-21-17/h1-5,16-18H,6-14H2. The number of hydrogen-bond acceptors (Lipinski definition) is 4. The quantitative estimate of drug-likeness (QED) is 0.899. The summed E-state index contributed by atoms with van der Waals surface area (Å²) in [6, 6.07) is 11.4. The Hall–Kier alpha value is -0.940. The van der Waals surface area contributed by atoms with Crippen molar-refractivity contribution < 1.29 is 9.47 Å². The molecule has 4 nitrogen and oxygen atoms in total. The van der Waals surface area contributed by atoms with Crippen LogP contribution >= 0.6 is 0 Å². The van der Waals surface area contributed by atoms with Crippen LogP contribution in [0, 0.1) is 0 Å². The Labute approximate surface area is 127 Å². The number of rotatable bonds is 5. The SMILES string of the molecule is c1ccc(CN2CCC(NCC3CCOCO3)CC2)cc1. The van der Waals surface area contributed by atoms with Crippen LogP contribution in [0.25, 0.3) is 0 Å². The molecule has 4 heteroatoms. The minimum Gasteiger partial charge on any atom is -0.355 e. The predicted molar refractivity (Wildman–Crippen MR) is 83.1 cm³/mol. The van der Waals surface area contributed by atoms with Crippen LogP contribution in [0.15, 0.2) is 30.3 Å². The van der Waals surface area contributed by atoms with Gasteiger partial charge in [-0.05, 0) is 37.9 Å². The summed E-state index contributed by atoms with van der Waals surface area (Å²) in [4.78, 5) is 2.55. The summed E-state index contributed by atoms with van der Waals surface area (Å²) < 4.78 is 10.8. The van der Waals surface area contributed by atoms with Crippen molar-refractivity contribution in [3.63, 3.8) is 0 Å². The van der Waals surface area contributed by atoms with E-state index in [2.05, 4.69) is 40.5 Å². The number of hydrogen-bond donors (Lipinski definition) is 1. The average Bonchev–Trinajstić information content (AvgIpc) is 2.56. The van der Waals surface area contributed by atoms with Crippen molar-refractivity contribution in [2.75, 3.05) is 33.0 Å². The zero-order valence-electron chi connectivity index (χ0n) is 12.7. The molecule has 0 aromatic heterocycles. The normalized spacial score (nSPS) is 25.0. The van der Waals surface area contributed by atoms with Gasteiger partial charge in [0.1, 0.15) is 6.79 Å². The number of benzene rings is 1. The van der Waals surface area contributed by atoms with Gasteiger partial charge >= 0.3 is 0 Å². The van der Waals surface area contributed by atoms with Crippen LogP contribution in [0.1, 0.15) is 24.8 Å². The molecule has 1 aromatic rings. The van der Waals surface area contributed by atoms with E-state index in [1.807, 2.05) is 0 Å². The van der Waals surface area contributed by atoms with Crippen LogP contribution < -0.4 is 5.32 Å². The third-order valence-electron chi connectivity index (χ3n) is 4.44. The number of ether oxygens (including phenoxy) is 2. The minimum absolute atomic E-state index is 0.334.